The van der Waals surface area contributed by atoms with E-state index < -0.39 is 0 Å². The van der Waals surface area contributed by atoms with Crippen LogP contribution < -0.4 is 0 Å². The van der Waals surface area contributed by atoms with Crippen molar-refractivity contribution in [2.45, 2.75) is 51.6 Å². The number of allylic oxidation sites excluding steroid dienone is 3. The van der Waals surface area contributed by atoms with Gasteiger partial charge >= 0.3 is 6.03 Å². The number of carbonyl (C=O) groups excluding carboxylic acids is 2. The average molecular weight is 260 g/mol. The van der Waals surface area contributed by atoms with Gasteiger partial charge in [0.25, 0.3) is 5.91 Å². The highest BCUT2D eigenvalue weighted by Crippen LogP contribution is 2.37. The van der Waals surface area contributed by atoms with Crippen LogP contribution in [0.4, 0.5) is 4.79 Å². The van der Waals surface area contributed by atoms with Gasteiger partial charge in [0.2, 0.25) is 0 Å². The number of hydrogen-bond acceptors (Lipinski definition) is 2. The van der Waals surface area contributed by atoms with Gasteiger partial charge in [0.05, 0.1) is 0 Å². The molecule has 1 aliphatic heterocycles. The highest BCUT2D eigenvalue weighted by atomic mass is 16.2. The Kier molecular flexibility index (Phi) is 2.96. The molecule has 4 heteroatoms. The summed E-state index contributed by atoms with van der Waals surface area (Å²) in [5, 5.41) is 0. The Morgan fingerprint density at radius 2 is 1.89 bits per heavy atom. The van der Waals surface area contributed by atoms with Gasteiger partial charge in [-0.1, -0.05) is 26.0 Å². The van der Waals surface area contributed by atoms with Crippen LogP contribution in [0.15, 0.2) is 23.9 Å². The van der Waals surface area contributed by atoms with Gasteiger partial charge in [-0.3, -0.25) is 14.6 Å². The maximum Gasteiger partial charge on any atom is 0.332 e. The average Bonchev–Trinajstić information content (AvgIpc) is 3.17. The van der Waals surface area contributed by atoms with Crippen molar-refractivity contribution in [1.29, 1.82) is 0 Å². The van der Waals surface area contributed by atoms with Crippen molar-refractivity contribution < 1.29 is 9.59 Å². The molecule has 4 nitrogen and oxygen atoms in total. The predicted molar refractivity (Wildman–Crippen MR) is 72.2 cm³/mol. The van der Waals surface area contributed by atoms with Crippen molar-refractivity contribution in [3.8, 4) is 0 Å². The summed E-state index contributed by atoms with van der Waals surface area (Å²) < 4.78 is 0. The van der Waals surface area contributed by atoms with E-state index in [1.54, 1.807) is 4.90 Å². The number of nitrogens with zero attached hydrogens (tertiary/aromatic N) is 2. The van der Waals surface area contributed by atoms with Crippen molar-refractivity contribution in [3.63, 3.8) is 0 Å². The van der Waals surface area contributed by atoms with Gasteiger partial charge < -0.3 is 0 Å². The molecule has 0 unspecified atom stereocenters. The first kappa shape index (κ1) is 12.5. The fourth-order valence-corrected chi connectivity index (χ4v) is 2.88. The normalized spacial score (nSPS) is 27.5. The minimum Gasteiger partial charge on any atom is -0.282 e. The van der Waals surface area contributed by atoms with Crippen LogP contribution in [0.25, 0.3) is 0 Å². The van der Waals surface area contributed by atoms with Crippen LogP contribution in [0.1, 0.15) is 39.5 Å². The molecule has 102 valence electrons. The second kappa shape index (κ2) is 4.51. The summed E-state index contributed by atoms with van der Waals surface area (Å²) >= 11 is 0. The molecule has 0 N–H and O–H groups in total. The second-order valence-electron chi connectivity index (χ2n) is 5.89. The number of amides is 3. The smallest absolute Gasteiger partial charge is 0.282 e. The van der Waals surface area contributed by atoms with Crippen LogP contribution in [0.2, 0.25) is 0 Å². The van der Waals surface area contributed by atoms with Crippen molar-refractivity contribution >= 4 is 11.9 Å². The Hall–Kier alpha value is -1.58. The maximum atomic E-state index is 12.6. The van der Waals surface area contributed by atoms with Crippen molar-refractivity contribution in [2.24, 2.45) is 5.92 Å². The van der Waals surface area contributed by atoms with Crippen molar-refractivity contribution in [2.75, 3.05) is 0 Å². The van der Waals surface area contributed by atoms with E-state index >= 15 is 0 Å². The summed E-state index contributed by atoms with van der Waals surface area (Å²) in [7, 11) is 0. The standard InChI is InChI=1S/C15H20N2O2/c1-10(2)13-14(18)17(12-8-9-12)15(19)16(13)11-6-4-3-5-7-11/h4,6-7,10,12-13H,3,5,8-9H2,1-2H3/t13-/m0/s1. The van der Waals surface area contributed by atoms with E-state index in [9.17, 15) is 9.59 Å². The van der Waals surface area contributed by atoms with E-state index in [2.05, 4.69) is 12.2 Å². The molecule has 0 spiro atoms. The van der Waals surface area contributed by atoms with Crippen LogP contribution in [-0.2, 0) is 4.79 Å². The van der Waals surface area contributed by atoms with E-state index in [1.807, 2.05) is 19.9 Å². The van der Waals surface area contributed by atoms with E-state index in [-0.39, 0.29) is 29.9 Å². The molecular formula is C15H20N2O2. The van der Waals surface area contributed by atoms with Gasteiger partial charge in [-0.2, -0.15) is 0 Å². The molecule has 2 fully saturated rings. The number of rotatable bonds is 3. The molecule has 3 amide bonds. The summed E-state index contributed by atoms with van der Waals surface area (Å²) in [6.45, 7) is 4.01. The Bertz CT molecular complexity index is 475. The van der Waals surface area contributed by atoms with Gasteiger partial charge in [-0.25, -0.2) is 4.79 Å². The molecule has 1 atom stereocenters. The van der Waals surface area contributed by atoms with E-state index in [0.29, 0.717) is 0 Å². The summed E-state index contributed by atoms with van der Waals surface area (Å²) in [6, 6.07) is -0.300. The molecule has 2 aliphatic carbocycles. The van der Waals surface area contributed by atoms with E-state index in [1.165, 1.54) is 4.90 Å². The first-order valence-electron chi connectivity index (χ1n) is 7.14. The minimum absolute atomic E-state index is 0.0117. The lowest BCUT2D eigenvalue weighted by molar-refractivity contribution is -0.129. The van der Waals surface area contributed by atoms with Crippen molar-refractivity contribution in [1.82, 2.24) is 9.80 Å². The van der Waals surface area contributed by atoms with Gasteiger partial charge in [0.15, 0.2) is 0 Å². The molecule has 3 rings (SSSR count). The lowest BCUT2D eigenvalue weighted by atomic mass is 10.0. The predicted octanol–water partition coefficient (Wildman–Crippen LogP) is 2.67. The Labute approximate surface area is 113 Å². The third-order valence-electron chi connectivity index (χ3n) is 3.98. The highest BCUT2D eigenvalue weighted by molar-refractivity contribution is 6.06. The van der Waals surface area contributed by atoms with Gasteiger partial charge in [0.1, 0.15) is 6.04 Å². The third kappa shape index (κ3) is 1.99. The lowest BCUT2D eigenvalue weighted by Crippen LogP contribution is -2.38. The zero-order valence-electron chi connectivity index (χ0n) is 11.5. The summed E-state index contributed by atoms with van der Waals surface area (Å²) in [6.07, 6.45) is 9.99. The lowest BCUT2D eigenvalue weighted by Gasteiger charge is -2.26. The van der Waals surface area contributed by atoms with Crippen LogP contribution >= 0.6 is 0 Å². The quantitative estimate of drug-likeness (QED) is 0.732. The minimum atomic E-state index is -0.331. The molecule has 0 aromatic carbocycles. The SMILES string of the molecule is CC(C)[C@H]1C(=O)N(C2CC2)C(=O)N1C1=CCCC=C1. The fraction of sp³-hybridized carbons (Fsp3) is 0.600. The molecule has 3 aliphatic rings. The topological polar surface area (TPSA) is 40.6 Å². The fourth-order valence-electron chi connectivity index (χ4n) is 2.88. The second-order valence-corrected chi connectivity index (χ2v) is 5.89. The molecule has 0 aromatic rings. The molecule has 0 aromatic heterocycles. The van der Waals surface area contributed by atoms with Crippen LogP contribution in [0, 0.1) is 5.92 Å². The Morgan fingerprint density at radius 3 is 2.42 bits per heavy atom. The molecular weight excluding hydrogens is 240 g/mol. The molecule has 1 saturated heterocycles. The number of hydrogen-bond donors (Lipinski definition) is 0. The maximum absolute atomic E-state index is 12.6. The summed E-state index contributed by atoms with van der Waals surface area (Å²) in [5.74, 6) is 0.124. The van der Waals surface area contributed by atoms with Gasteiger partial charge in [0, 0.05) is 11.7 Å². The van der Waals surface area contributed by atoms with Crippen LogP contribution in [0.3, 0.4) is 0 Å². The largest absolute Gasteiger partial charge is 0.332 e. The number of urea groups is 1. The molecule has 1 saturated carbocycles. The number of imide groups is 1. The summed E-state index contributed by atoms with van der Waals surface area (Å²) in [5.41, 5.74) is 0.895. The highest BCUT2D eigenvalue weighted by Gasteiger charge is 2.52. The number of carbonyl (C=O) groups is 2. The van der Waals surface area contributed by atoms with E-state index in [0.717, 1.165) is 31.4 Å². The van der Waals surface area contributed by atoms with Gasteiger partial charge in [-0.15, -0.1) is 0 Å². The Balaban J connectivity index is 1.95. The van der Waals surface area contributed by atoms with E-state index in [4.69, 9.17) is 0 Å². The van der Waals surface area contributed by atoms with Crippen LogP contribution in [0.5, 0.6) is 0 Å². The van der Waals surface area contributed by atoms with Gasteiger partial charge in [-0.05, 0) is 37.7 Å². The summed E-state index contributed by atoms with van der Waals surface area (Å²) in [4.78, 5) is 28.3. The zero-order valence-corrected chi connectivity index (χ0v) is 11.5. The first-order valence-corrected chi connectivity index (χ1v) is 7.14. The zero-order chi connectivity index (χ0) is 13.6. The molecule has 1 heterocycles. The van der Waals surface area contributed by atoms with Crippen molar-refractivity contribution in [3.05, 3.63) is 23.9 Å². The molecule has 0 bridgehead atoms. The van der Waals surface area contributed by atoms with Crippen LogP contribution in [-0.4, -0.2) is 33.8 Å². The molecule has 19 heavy (non-hydrogen) atoms. The first-order chi connectivity index (χ1) is 9.11. The third-order valence-corrected chi connectivity index (χ3v) is 3.98. The monoisotopic (exact) mass is 260 g/mol. The molecule has 0 radical (unpaired) electrons. The Morgan fingerprint density at radius 1 is 1.16 bits per heavy atom.